The molecule has 198 valence electrons. The molecule has 3 aromatic rings. The number of carbonyl (C=O) groups is 1. The summed E-state index contributed by atoms with van der Waals surface area (Å²) in [5.74, 6) is -0.491. The van der Waals surface area contributed by atoms with E-state index in [0.29, 0.717) is 11.1 Å². The Morgan fingerprint density at radius 3 is 1.32 bits per heavy atom. The van der Waals surface area contributed by atoms with Crippen molar-refractivity contribution in [3.05, 3.63) is 107 Å². The van der Waals surface area contributed by atoms with Crippen molar-refractivity contribution in [2.75, 3.05) is 0 Å². The zero-order chi connectivity index (χ0) is 27.6. The third kappa shape index (κ3) is 6.35. The summed E-state index contributed by atoms with van der Waals surface area (Å²) in [6.45, 7) is -0.286. The minimum atomic E-state index is -5.76. The fourth-order valence-electron chi connectivity index (χ4n) is 3.36. The maximum absolute atomic E-state index is 14.0. The predicted octanol–water partition coefficient (Wildman–Crippen LogP) is 4.98. The van der Waals surface area contributed by atoms with Crippen molar-refractivity contribution < 1.29 is 51.1 Å². The van der Waals surface area contributed by atoms with E-state index in [4.69, 9.17) is 19.6 Å². The van der Waals surface area contributed by atoms with Crippen LogP contribution in [0.15, 0.2) is 78.9 Å². The first-order valence-electron chi connectivity index (χ1n) is 10.4. The molecule has 0 radical (unpaired) electrons. The standard InChI is InChI=1S/C23H21F4NO7P2/c24-22(25,36(30,31)32)19-10-6-16(7-11-19)14-28(21(29)18-4-2-1-3-5-18)15-17-8-12-20(13-9-17)23(26,27)37(33,34)35/h1-13H,14-15H2,(H2,30,31,32)(H2,33,34,35). The smallest absolute Gasteiger partial charge is 0.330 e. The molecule has 0 bridgehead atoms. The molecule has 0 saturated heterocycles. The normalized spacial score (nSPS) is 12.9. The highest BCUT2D eigenvalue weighted by Gasteiger charge is 2.51. The van der Waals surface area contributed by atoms with Crippen molar-refractivity contribution in [1.82, 2.24) is 4.90 Å². The van der Waals surface area contributed by atoms with Gasteiger partial charge in [0.05, 0.1) is 0 Å². The molecule has 0 fully saturated rings. The molecule has 0 saturated carbocycles. The average Bonchev–Trinajstić information content (AvgIpc) is 2.83. The summed E-state index contributed by atoms with van der Waals surface area (Å²) >= 11 is 0. The molecule has 14 heteroatoms. The first kappa shape index (κ1) is 28.7. The van der Waals surface area contributed by atoms with Crippen LogP contribution in [0, 0.1) is 0 Å². The summed E-state index contributed by atoms with van der Waals surface area (Å²) in [5.41, 5.74) is -9.68. The summed E-state index contributed by atoms with van der Waals surface area (Å²) in [4.78, 5) is 50.1. The molecule has 0 unspecified atom stereocenters. The van der Waals surface area contributed by atoms with Gasteiger partial charge in [-0.3, -0.25) is 13.9 Å². The third-order valence-corrected chi connectivity index (χ3v) is 7.37. The third-order valence-electron chi connectivity index (χ3n) is 5.39. The minimum Gasteiger partial charge on any atom is -0.330 e. The van der Waals surface area contributed by atoms with Crippen LogP contribution in [-0.2, 0) is 33.5 Å². The Labute approximate surface area is 208 Å². The van der Waals surface area contributed by atoms with Crippen LogP contribution in [0.5, 0.6) is 0 Å². The Balaban J connectivity index is 1.89. The van der Waals surface area contributed by atoms with Gasteiger partial charge in [-0.2, -0.15) is 17.6 Å². The summed E-state index contributed by atoms with van der Waals surface area (Å²) < 4.78 is 78.0. The van der Waals surface area contributed by atoms with Crippen LogP contribution in [-0.4, -0.2) is 30.4 Å². The van der Waals surface area contributed by atoms with Crippen molar-refractivity contribution in [1.29, 1.82) is 0 Å². The number of amides is 1. The molecule has 0 aliphatic rings. The molecular formula is C23H21F4NO7P2. The summed E-state index contributed by atoms with van der Waals surface area (Å²) in [5, 5.41) is 0. The highest BCUT2D eigenvalue weighted by molar-refractivity contribution is 7.52. The van der Waals surface area contributed by atoms with Gasteiger partial charge in [-0.05, 0) is 23.3 Å². The van der Waals surface area contributed by atoms with E-state index in [1.807, 2.05) is 0 Å². The number of carbonyl (C=O) groups excluding carboxylic acids is 1. The average molecular weight is 561 g/mol. The van der Waals surface area contributed by atoms with E-state index in [2.05, 4.69) is 0 Å². The maximum Gasteiger partial charge on any atom is 0.399 e. The van der Waals surface area contributed by atoms with Gasteiger partial charge < -0.3 is 24.5 Å². The van der Waals surface area contributed by atoms with E-state index in [1.54, 1.807) is 18.2 Å². The maximum atomic E-state index is 14.0. The zero-order valence-corrected chi connectivity index (χ0v) is 20.6. The molecule has 0 aromatic heterocycles. The molecule has 37 heavy (non-hydrogen) atoms. The van der Waals surface area contributed by atoms with Gasteiger partial charge in [-0.15, -0.1) is 0 Å². The lowest BCUT2D eigenvalue weighted by molar-refractivity contribution is 0.0563. The first-order valence-corrected chi connectivity index (χ1v) is 13.7. The van der Waals surface area contributed by atoms with Crippen LogP contribution in [0.4, 0.5) is 17.6 Å². The number of halogens is 4. The number of rotatable bonds is 9. The van der Waals surface area contributed by atoms with Gasteiger partial charge in [0, 0.05) is 29.8 Å². The summed E-state index contributed by atoms with van der Waals surface area (Å²) in [6, 6.07) is 16.0. The van der Waals surface area contributed by atoms with Gasteiger partial charge in [0.1, 0.15) is 0 Å². The number of nitrogens with zero attached hydrogens (tertiary/aromatic N) is 1. The fraction of sp³-hybridized carbons (Fsp3) is 0.174. The quantitative estimate of drug-likeness (QED) is 0.214. The zero-order valence-electron chi connectivity index (χ0n) is 18.8. The van der Waals surface area contributed by atoms with Gasteiger partial charge in [-0.1, -0.05) is 66.7 Å². The van der Waals surface area contributed by atoms with Crippen LogP contribution in [0.1, 0.15) is 32.6 Å². The molecule has 3 rings (SSSR count). The number of alkyl halides is 4. The highest BCUT2D eigenvalue weighted by atomic mass is 31.2. The topological polar surface area (TPSA) is 135 Å². The van der Waals surface area contributed by atoms with Gasteiger partial charge in [0.15, 0.2) is 0 Å². The van der Waals surface area contributed by atoms with Crippen LogP contribution in [0.25, 0.3) is 0 Å². The van der Waals surface area contributed by atoms with E-state index in [0.717, 1.165) is 24.3 Å². The van der Waals surface area contributed by atoms with E-state index in [9.17, 15) is 31.5 Å². The largest absolute Gasteiger partial charge is 0.399 e. The molecule has 1 amide bonds. The van der Waals surface area contributed by atoms with Gasteiger partial charge in [0.25, 0.3) is 5.91 Å². The second-order valence-electron chi connectivity index (χ2n) is 8.09. The first-order chi connectivity index (χ1) is 17.0. The lowest BCUT2D eigenvalue weighted by atomic mass is 10.1. The molecule has 0 aliphatic heterocycles. The Bertz CT molecular complexity index is 1260. The lowest BCUT2D eigenvalue weighted by Gasteiger charge is -2.24. The fourth-order valence-corrected chi connectivity index (χ4v) is 4.33. The highest BCUT2D eigenvalue weighted by Crippen LogP contribution is 2.60. The van der Waals surface area contributed by atoms with Gasteiger partial charge >= 0.3 is 26.5 Å². The number of hydrogen-bond acceptors (Lipinski definition) is 3. The minimum absolute atomic E-state index is 0.143. The van der Waals surface area contributed by atoms with Crippen molar-refractivity contribution >= 4 is 21.1 Å². The van der Waals surface area contributed by atoms with E-state index < -0.39 is 43.6 Å². The Morgan fingerprint density at radius 1 is 0.649 bits per heavy atom. The van der Waals surface area contributed by atoms with Crippen LogP contribution in [0.2, 0.25) is 0 Å². The molecule has 0 heterocycles. The molecule has 3 aromatic carbocycles. The van der Waals surface area contributed by atoms with Crippen LogP contribution >= 0.6 is 15.2 Å². The molecular weight excluding hydrogens is 540 g/mol. The molecule has 0 atom stereocenters. The predicted molar refractivity (Wildman–Crippen MR) is 125 cm³/mol. The van der Waals surface area contributed by atoms with Crippen molar-refractivity contribution in [2.24, 2.45) is 0 Å². The Morgan fingerprint density at radius 2 is 1.00 bits per heavy atom. The van der Waals surface area contributed by atoms with E-state index in [-0.39, 0.29) is 18.7 Å². The van der Waals surface area contributed by atoms with E-state index in [1.165, 1.54) is 41.3 Å². The van der Waals surface area contributed by atoms with Gasteiger partial charge in [-0.25, -0.2) is 0 Å². The monoisotopic (exact) mass is 561 g/mol. The number of benzene rings is 3. The second kappa shape index (κ2) is 10.5. The van der Waals surface area contributed by atoms with Crippen molar-refractivity contribution in [3.63, 3.8) is 0 Å². The SMILES string of the molecule is O=C(c1ccccc1)N(Cc1ccc(C(F)(F)P(=O)(O)O)cc1)Cc1ccc(C(F)(F)P(=O)(O)O)cc1. The van der Waals surface area contributed by atoms with Crippen LogP contribution < -0.4 is 0 Å². The second-order valence-corrected chi connectivity index (χ2v) is 11.4. The molecule has 4 N–H and O–H groups in total. The van der Waals surface area contributed by atoms with Crippen LogP contribution in [0.3, 0.4) is 0 Å². The Kier molecular flexibility index (Phi) is 8.14. The molecule has 8 nitrogen and oxygen atoms in total. The molecule has 0 spiro atoms. The molecule has 0 aliphatic carbocycles. The lowest BCUT2D eigenvalue weighted by Crippen LogP contribution is -2.30. The Hall–Kier alpha value is -2.85. The van der Waals surface area contributed by atoms with Crippen molar-refractivity contribution in [3.8, 4) is 0 Å². The summed E-state index contributed by atoms with van der Waals surface area (Å²) in [6.07, 6.45) is 0. The number of hydrogen-bond donors (Lipinski definition) is 4. The van der Waals surface area contributed by atoms with Crippen molar-refractivity contribution in [2.45, 2.75) is 24.4 Å². The van der Waals surface area contributed by atoms with E-state index >= 15 is 0 Å². The summed E-state index contributed by atoms with van der Waals surface area (Å²) in [7, 11) is -11.5. The van der Waals surface area contributed by atoms with Gasteiger partial charge in [0.2, 0.25) is 0 Å².